The van der Waals surface area contributed by atoms with E-state index >= 15 is 0 Å². The van der Waals surface area contributed by atoms with E-state index in [1.165, 1.54) is 19.2 Å². The molecular formula is C12H13ClFNOS. The van der Waals surface area contributed by atoms with Gasteiger partial charge in [0.2, 0.25) is 0 Å². The smallest absolute Gasteiger partial charge is 0.126 e. The first-order valence-electron chi connectivity index (χ1n) is 4.83. The molecule has 1 aromatic heterocycles. The Kier molecular flexibility index (Phi) is 4.93. The highest BCUT2D eigenvalue weighted by Crippen LogP contribution is 2.29. The van der Waals surface area contributed by atoms with Crippen LogP contribution in [0.5, 0.6) is 5.75 Å². The van der Waals surface area contributed by atoms with E-state index in [9.17, 15) is 4.39 Å². The lowest BCUT2D eigenvalue weighted by Gasteiger charge is -2.14. The maximum Gasteiger partial charge on any atom is 0.126 e. The van der Waals surface area contributed by atoms with E-state index in [0.29, 0.717) is 5.75 Å². The standard InChI is InChI=1S/C12H12FNOS.ClH/c1-15-11-6-9(13)2-3-10(11)12(14)8-4-5-16-7-8;/h2-7,12H,14H2,1H3;1H/t12-;/m1./s1. The highest BCUT2D eigenvalue weighted by Gasteiger charge is 2.14. The number of methoxy groups -OCH3 is 1. The molecule has 0 radical (unpaired) electrons. The Morgan fingerprint density at radius 2 is 2.12 bits per heavy atom. The van der Waals surface area contributed by atoms with E-state index in [1.807, 2.05) is 16.8 Å². The van der Waals surface area contributed by atoms with Crippen LogP contribution in [-0.4, -0.2) is 7.11 Å². The third-order valence-corrected chi connectivity index (χ3v) is 3.13. The Labute approximate surface area is 110 Å². The summed E-state index contributed by atoms with van der Waals surface area (Å²) < 4.78 is 18.2. The molecule has 92 valence electrons. The summed E-state index contributed by atoms with van der Waals surface area (Å²) >= 11 is 1.58. The number of hydrogen-bond donors (Lipinski definition) is 1. The summed E-state index contributed by atoms with van der Waals surface area (Å²) in [5.41, 5.74) is 7.89. The van der Waals surface area contributed by atoms with Crippen molar-refractivity contribution < 1.29 is 9.13 Å². The van der Waals surface area contributed by atoms with Gasteiger partial charge < -0.3 is 10.5 Å². The molecule has 2 nitrogen and oxygen atoms in total. The molecule has 0 unspecified atom stereocenters. The van der Waals surface area contributed by atoms with E-state index in [-0.39, 0.29) is 24.3 Å². The number of ether oxygens (including phenoxy) is 1. The zero-order valence-electron chi connectivity index (χ0n) is 9.22. The second kappa shape index (κ2) is 6.00. The SMILES string of the molecule is COc1cc(F)ccc1[C@H](N)c1ccsc1.Cl. The first kappa shape index (κ1) is 14.0. The van der Waals surface area contributed by atoms with Gasteiger partial charge in [-0.05, 0) is 28.5 Å². The van der Waals surface area contributed by atoms with Gasteiger partial charge in [0, 0.05) is 11.6 Å². The molecule has 0 spiro atoms. The minimum atomic E-state index is -0.321. The average Bonchev–Trinajstić information content (AvgIpc) is 2.81. The van der Waals surface area contributed by atoms with Crippen molar-refractivity contribution >= 4 is 23.7 Å². The van der Waals surface area contributed by atoms with Gasteiger partial charge in [-0.3, -0.25) is 0 Å². The summed E-state index contributed by atoms with van der Waals surface area (Å²) in [6.07, 6.45) is 0. The monoisotopic (exact) mass is 273 g/mol. The lowest BCUT2D eigenvalue weighted by atomic mass is 10.0. The highest BCUT2D eigenvalue weighted by atomic mass is 35.5. The fourth-order valence-electron chi connectivity index (χ4n) is 1.57. The second-order valence-corrected chi connectivity index (χ2v) is 4.20. The lowest BCUT2D eigenvalue weighted by Crippen LogP contribution is -2.12. The minimum Gasteiger partial charge on any atom is -0.496 e. The van der Waals surface area contributed by atoms with Crippen LogP contribution < -0.4 is 10.5 Å². The van der Waals surface area contributed by atoms with Gasteiger partial charge in [-0.15, -0.1) is 12.4 Å². The first-order chi connectivity index (χ1) is 7.72. The van der Waals surface area contributed by atoms with E-state index in [1.54, 1.807) is 17.4 Å². The van der Waals surface area contributed by atoms with E-state index in [4.69, 9.17) is 10.5 Å². The number of nitrogens with two attached hydrogens (primary N) is 1. The van der Waals surface area contributed by atoms with Crippen LogP contribution in [0.2, 0.25) is 0 Å². The van der Waals surface area contributed by atoms with Gasteiger partial charge in [-0.1, -0.05) is 6.07 Å². The number of benzene rings is 1. The average molecular weight is 274 g/mol. The predicted molar refractivity (Wildman–Crippen MR) is 70.5 cm³/mol. The molecule has 17 heavy (non-hydrogen) atoms. The molecule has 0 amide bonds. The van der Waals surface area contributed by atoms with Gasteiger partial charge in [-0.25, -0.2) is 4.39 Å². The van der Waals surface area contributed by atoms with E-state index in [2.05, 4.69) is 0 Å². The Morgan fingerprint density at radius 3 is 2.71 bits per heavy atom. The van der Waals surface area contributed by atoms with Crippen molar-refractivity contribution in [3.05, 3.63) is 52.0 Å². The van der Waals surface area contributed by atoms with Crippen LogP contribution in [0.4, 0.5) is 4.39 Å². The maximum atomic E-state index is 13.0. The third-order valence-electron chi connectivity index (χ3n) is 2.43. The summed E-state index contributed by atoms with van der Waals surface area (Å²) in [5.74, 6) is 0.164. The van der Waals surface area contributed by atoms with Crippen molar-refractivity contribution in [2.75, 3.05) is 7.11 Å². The van der Waals surface area contributed by atoms with E-state index < -0.39 is 0 Å². The zero-order chi connectivity index (χ0) is 11.5. The number of thiophene rings is 1. The summed E-state index contributed by atoms with van der Waals surface area (Å²) in [5, 5.41) is 3.94. The number of rotatable bonds is 3. The molecule has 0 saturated carbocycles. The van der Waals surface area contributed by atoms with Crippen LogP contribution in [-0.2, 0) is 0 Å². The summed E-state index contributed by atoms with van der Waals surface area (Å²) in [4.78, 5) is 0. The molecule has 0 saturated heterocycles. The van der Waals surface area contributed by atoms with Gasteiger partial charge in [0.05, 0.1) is 13.2 Å². The topological polar surface area (TPSA) is 35.2 Å². The van der Waals surface area contributed by atoms with Crippen LogP contribution in [0.15, 0.2) is 35.0 Å². The van der Waals surface area contributed by atoms with Crippen molar-refractivity contribution in [1.82, 2.24) is 0 Å². The lowest BCUT2D eigenvalue weighted by molar-refractivity contribution is 0.404. The molecule has 1 atom stereocenters. The quantitative estimate of drug-likeness (QED) is 0.931. The van der Waals surface area contributed by atoms with Gasteiger partial charge in [-0.2, -0.15) is 11.3 Å². The Bertz CT molecular complexity index is 475. The molecule has 1 heterocycles. The predicted octanol–water partition coefficient (Wildman–Crippen LogP) is 3.37. The van der Waals surface area contributed by atoms with E-state index in [0.717, 1.165) is 11.1 Å². The van der Waals surface area contributed by atoms with Crippen molar-refractivity contribution in [3.8, 4) is 5.75 Å². The molecule has 0 aliphatic rings. The summed E-state index contributed by atoms with van der Waals surface area (Å²) in [7, 11) is 1.51. The van der Waals surface area contributed by atoms with Crippen molar-refractivity contribution in [3.63, 3.8) is 0 Å². The van der Waals surface area contributed by atoms with Gasteiger partial charge in [0.1, 0.15) is 11.6 Å². The number of halogens is 2. The molecule has 0 fully saturated rings. The molecule has 2 rings (SSSR count). The fraction of sp³-hybridized carbons (Fsp3) is 0.167. The molecule has 0 aliphatic carbocycles. The largest absolute Gasteiger partial charge is 0.496 e. The summed E-state index contributed by atoms with van der Waals surface area (Å²) in [6, 6.07) is 6.09. The van der Waals surface area contributed by atoms with Crippen molar-refractivity contribution in [2.45, 2.75) is 6.04 Å². The van der Waals surface area contributed by atoms with Gasteiger partial charge in [0.15, 0.2) is 0 Å². The molecule has 2 aromatic rings. The van der Waals surface area contributed by atoms with Gasteiger partial charge >= 0.3 is 0 Å². The zero-order valence-corrected chi connectivity index (χ0v) is 10.9. The molecule has 5 heteroatoms. The van der Waals surface area contributed by atoms with Crippen LogP contribution in [0.1, 0.15) is 17.2 Å². The molecule has 0 aliphatic heterocycles. The second-order valence-electron chi connectivity index (χ2n) is 3.42. The van der Waals surface area contributed by atoms with Crippen molar-refractivity contribution in [2.24, 2.45) is 5.73 Å². The first-order valence-corrected chi connectivity index (χ1v) is 5.77. The summed E-state index contributed by atoms with van der Waals surface area (Å²) in [6.45, 7) is 0. The highest BCUT2D eigenvalue weighted by molar-refractivity contribution is 7.08. The Balaban J connectivity index is 0.00000144. The van der Waals surface area contributed by atoms with Crippen LogP contribution in [0.25, 0.3) is 0 Å². The Morgan fingerprint density at radius 1 is 1.35 bits per heavy atom. The van der Waals surface area contributed by atoms with Crippen LogP contribution in [0.3, 0.4) is 0 Å². The third kappa shape index (κ3) is 2.97. The van der Waals surface area contributed by atoms with Crippen LogP contribution >= 0.6 is 23.7 Å². The molecule has 1 aromatic carbocycles. The van der Waals surface area contributed by atoms with Crippen molar-refractivity contribution in [1.29, 1.82) is 0 Å². The normalized spacial score (nSPS) is 11.7. The fourth-order valence-corrected chi connectivity index (χ4v) is 2.27. The number of hydrogen-bond acceptors (Lipinski definition) is 3. The minimum absolute atomic E-state index is 0. The molecule has 2 N–H and O–H groups in total. The molecule has 0 bridgehead atoms. The van der Waals surface area contributed by atoms with Crippen LogP contribution in [0, 0.1) is 5.82 Å². The maximum absolute atomic E-state index is 13.0. The Hall–Kier alpha value is -1.10. The molecular weight excluding hydrogens is 261 g/mol. The van der Waals surface area contributed by atoms with Gasteiger partial charge in [0.25, 0.3) is 0 Å².